The van der Waals surface area contributed by atoms with Crippen molar-refractivity contribution in [1.29, 1.82) is 0 Å². The fourth-order valence-electron chi connectivity index (χ4n) is 1.31. The van der Waals surface area contributed by atoms with Crippen LogP contribution in [0.25, 0.3) is 10.4 Å². The van der Waals surface area contributed by atoms with Crippen molar-refractivity contribution < 1.29 is 5.11 Å². The SMILES string of the molecule is CC(C)(C)c1ccc(CO)c(N=[N+]=[N-])c1. The number of aliphatic hydroxyl groups excluding tert-OH is 1. The lowest BCUT2D eigenvalue weighted by molar-refractivity contribution is 0.282. The number of aliphatic hydroxyl groups is 1. The largest absolute Gasteiger partial charge is 0.392 e. The minimum atomic E-state index is -0.112. The van der Waals surface area contributed by atoms with Gasteiger partial charge in [-0.3, -0.25) is 0 Å². The van der Waals surface area contributed by atoms with Crippen LogP contribution in [0.5, 0.6) is 0 Å². The van der Waals surface area contributed by atoms with Gasteiger partial charge in [-0.05, 0) is 28.1 Å². The lowest BCUT2D eigenvalue weighted by Gasteiger charge is -2.20. The molecule has 1 N–H and O–H groups in total. The van der Waals surface area contributed by atoms with Gasteiger partial charge in [-0.25, -0.2) is 0 Å². The van der Waals surface area contributed by atoms with Gasteiger partial charge in [0.05, 0.1) is 6.61 Å². The van der Waals surface area contributed by atoms with Gasteiger partial charge in [-0.1, -0.05) is 38.0 Å². The Morgan fingerprint density at radius 2 is 2.07 bits per heavy atom. The Morgan fingerprint density at radius 3 is 2.53 bits per heavy atom. The Bertz CT molecular complexity index is 401. The number of rotatable bonds is 2. The summed E-state index contributed by atoms with van der Waals surface area (Å²) in [5.41, 5.74) is 10.7. The van der Waals surface area contributed by atoms with Crippen molar-refractivity contribution in [2.24, 2.45) is 5.11 Å². The maximum atomic E-state index is 9.06. The zero-order valence-electron chi connectivity index (χ0n) is 9.23. The summed E-state index contributed by atoms with van der Waals surface area (Å²) in [5, 5.41) is 12.6. The molecule has 0 bridgehead atoms. The Labute approximate surface area is 89.2 Å². The van der Waals surface area contributed by atoms with Gasteiger partial charge in [0.1, 0.15) is 0 Å². The quantitative estimate of drug-likeness (QED) is 0.448. The smallest absolute Gasteiger partial charge is 0.0686 e. The average Bonchev–Trinajstić information content (AvgIpc) is 2.17. The monoisotopic (exact) mass is 205 g/mol. The lowest BCUT2D eigenvalue weighted by atomic mass is 9.86. The van der Waals surface area contributed by atoms with Crippen molar-refractivity contribution in [3.05, 3.63) is 39.8 Å². The van der Waals surface area contributed by atoms with E-state index in [-0.39, 0.29) is 12.0 Å². The van der Waals surface area contributed by atoms with Crippen molar-refractivity contribution in [1.82, 2.24) is 0 Å². The number of benzene rings is 1. The molecule has 0 spiro atoms. The summed E-state index contributed by atoms with van der Waals surface area (Å²) in [5.74, 6) is 0. The van der Waals surface area contributed by atoms with Crippen LogP contribution in [0, 0.1) is 0 Å². The molecule has 0 atom stereocenters. The van der Waals surface area contributed by atoms with E-state index in [2.05, 4.69) is 30.8 Å². The lowest BCUT2D eigenvalue weighted by Crippen LogP contribution is -2.10. The summed E-state index contributed by atoms with van der Waals surface area (Å²) in [6, 6.07) is 5.57. The molecule has 0 aliphatic rings. The van der Waals surface area contributed by atoms with E-state index in [0.29, 0.717) is 11.3 Å². The highest BCUT2D eigenvalue weighted by atomic mass is 16.3. The third-order valence-corrected chi connectivity index (χ3v) is 2.27. The summed E-state index contributed by atoms with van der Waals surface area (Å²) >= 11 is 0. The van der Waals surface area contributed by atoms with E-state index in [1.807, 2.05) is 12.1 Å². The minimum absolute atomic E-state index is 0.00765. The zero-order valence-corrected chi connectivity index (χ0v) is 9.23. The molecule has 4 nitrogen and oxygen atoms in total. The summed E-state index contributed by atoms with van der Waals surface area (Å²) in [7, 11) is 0. The fraction of sp³-hybridized carbons (Fsp3) is 0.455. The van der Waals surface area contributed by atoms with Gasteiger partial charge in [0.2, 0.25) is 0 Å². The molecule has 0 aliphatic heterocycles. The fourth-order valence-corrected chi connectivity index (χ4v) is 1.31. The van der Waals surface area contributed by atoms with Crippen molar-refractivity contribution in [2.75, 3.05) is 0 Å². The maximum Gasteiger partial charge on any atom is 0.0686 e. The Hall–Kier alpha value is -1.51. The van der Waals surface area contributed by atoms with E-state index < -0.39 is 0 Å². The van der Waals surface area contributed by atoms with E-state index >= 15 is 0 Å². The molecule has 0 aliphatic carbocycles. The van der Waals surface area contributed by atoms with Crippen molar-refractivity contribution >= 4 is 5.69 Å². The van der Waals surface area contributed by atoms with Gasteiger partial charge in [0.15, 0.2) is 0 Å². The molecule has 0 aromatic heterocycles. The number of nitrogens with zero attached hydrogens (tertiary/aromatic N) is 3. The van der Waals surface area contributed by atoms with Gasteiger partial charge in [0.25, 0.3) is 0 Å². The second-order valence-corrected chi connectivity index (χ2v) is 4.44. The number of hydrogen-bond acceptors (Lipinski definition) is 2. The Morgan fingerprint density at radius 1 is 1.40 bits per heavy atom. The highest BCUT2D eigenvalue weighted by Gasteiger charge is 2.14. The summed E-state index contributed by atoms with van der Waals surface area (Å²) in [6.45, 7) is 6.14. The van der Waals surface area contributed by atoms with Crippen molar-refractivity contribution in [2.45, 2.75) is 32.8 Å². The van der Waals surface area contributed by atoms with Crippen LogP contribution in [0.3, 0.4) is 0 Å². The molecule has 1 aromatic carbocycles. The molecule has 0 fully saturated rings. The highest BCUT2D eigenvalue weighted by molar-refractivity contribution is 5.49. The Kier molecular flexibility index (Phi) is 3.35. The third-order valence-electron chi connectivity index (χ3n) is 2.27. The molecule has 1 rings (SSSR count). The van der Waals surface area contributed by atoms with Crippen LogP contribution in [0.4, 0.5) is 5.69 Å². The van der Waals surface area contributed by atoms with Crippen LogP contribution < -0.4 is 0 Å². The van der Waals surface area contributed by atoms with E-state index in [0.717, 1.165) is 5.56 Å². The average molecular weight is 205 g/mol. The first-order valence-electron chi connectivity index (χ1n) is 4.78. The maximum absolute atomic E-state index is 9.06. The standard InChI is InChI=1S/C11H15N3O/c1-11(2,3)9-5-4-8(7-15)10(6-9)13-14-12/h4-6,15H,7H2,1-3H3. The number of azide groups is 1. The van der Waals surface area contributed by atoms with E-state index in [9.17, 15) is 0 Å². The van der Waals surface area contributed by atoms with E-state index in [4.69, 9.17) is 10.6 Å². The van der Waals surface area contributed by atoms with Gasteiger partial charge >= 0.3 is 0 Å². The topological polar surface area (TPSA) is 69.0 Å². The Balaban J connectivity index is 3.28. The predicted octanol–water partition coefficient (Wildman–Crippen LogP) is 3.42. The highest BCUT2D eigenvalue weighted by Crippen LogP contribution is 2.28. The molecule has 80 valence electrons. The van der Waals surface area contributed by atoms with Gasteiger partial charge in [-0.15, -0.1) is 0 Å². The summed E-state index contributed by atoms with van der Waals surface area (Å²) in [6.07, 6.45) is 0. The van der Waals surface area contributed by atoms with Crippen LogP contribution in [-0.4, -0.2) is 5.11 Å². The first-order valence-corrected chi connectivity index (χ1v) is 4.78. The van der Waals surface area contributed by atoms with Gasteiger partial charge in [-0.2, -0.15) is 0 Å². The third kappa shape index (κ3) is 2.72. The number of hydrogen-bond donors (Lipinski definition) is 1. The molecule has 1 aromatic rings. The molecular formula is C11H15N3O. The van der Waals surface area contributed by atoms with Crippen LogP contribution >= 0.6 is 0 Å². The van der Waals surface area contributed by atoms with Crippen molar-refractivity contribution in [3.8, 4) is 0 Å². The second kappa shape index (κ2) is 4.34. The molecule has 0 amide bonds. The minimum Gasteiger partial charge on any atom is -0.392 e. The van der Waals surface area contributed by atoms with Crippen LogP contribution in [0.1, 0.15) is 31.9 Å². The normalized spacial score (nSPS) is 10.9. The molecule has 0 unspecified atom stereocenters. The second-order valence-electron chi connectivity index (χ2n) is 4.44. The first-order chi connectivity index (χ1) is 6.99. The molecule has 0 radical (unpaired) electrons. The molecule has 15 heavy (non-hydrogen) atoms. The molecule has 4 heteroatoms. The first kappa shape index (κ1) is 11.6. The zero-order chi connectivity index (χ0) is 11.5. The van der Waals surface area contributed by atoms with Crippen molar-refractivity contribution in [3.63, 3.8) is 0 Å². The summed E-state index contributed by atoms with van der Waals surface area (Å²) < 4.78 is 0. The molecular weight excluding hydrogens is 190 g/mol. The van der Waals surface area contributed by atoms with Gasteiger partial charge < -0.3 is 5.11 Å². The predicted molar refractivity (Wildman–Crippen MR) is 59.9 cm³/mol. The molecule has 0 saturated heterocycles. The van der Waals surface area contributed by atoms with Crippen LogP contribution in [-0.2, 0) is 12.0 Å². The van der Waals surface area contributed by atoms with Crippen LogP contribution in [0.15, 0.2) is 23.3 Å². The van der Waals surface area contributed by atoms with Gasteiger partial charge in [0, 0.05) is 10.6 Å². The summed E-state index contributed by atoms with van der Waals surface area (Å²) in [4.78, 5) is 2.75. The van der Waals surface area contributed by atoms with E-state index in [1.165, 1.54) is 0 Å². The van der Waals surface area contributed by atoms with E-state index in [1.54, 1.807) is 6.07 Å². The molecule has 0 heterocycles. The van der Waals surface area contributed by atoms with Crippen LogP contribution in [0.2, 0.25) is 0 Å². The molecule has 0 saturated carbocycles.